The highest BCUT2D eigenvalue weighted by Crippen LogP contribution is 2.32. The highest BCUT2D eigenvalue weighted by atomic mass is 32.2. The number of nitrogens with zero attached hydrogens (tertiary/aromatic N) is 1. The number of rotatable bonds is 3. The van der Waals surface area contributed by atoms with Crippen molar-refractivity contribution in [2.75, 3.05) is 22.4 Å². The zero-order valence-corrected chi connectivity index (χ0v) is 17.2. The van der Waals surface area contributed by atoms with Crippen molar-refractivity contribution in [3.05, 3.63) is 71.8 Å². The second-order valence-corrected chi connectivity index (χ2v) is 9.45. The highest BCUT2D eigenvalue weighted by Gasteiger charge is 2.24. The molecule has 0 radical (unpaired) electrons. The molecular weight excluding hydrogens is 400 g/mol. The fraction of sp³-hybridized carbons (Fsp3) is 0.174. The van der Waals surface area contributed by atoms with E-state index < -0.39 is 10.0 Å². The molecule has 1 aromatic heterocycles. The molecule has 5 rings (SSSR count). The van der Waals surface area contributed by atoms with Crippen LogP contribution in [0.5, 0.6) is 0 Å². The van der Waals surface area contributed by atoms with Gasteiger partial charge in [-0.1, -0.05) is 18.2 Å². The third-order valence-corrected chi connectivity index (χ3v) is 6.63. The summed E-state index contributed by atoms with van der Waals surface area (Å²) < 4.78 is 31.3. The number of nitrogens with one attached hydrogen (secondary N) is 1. The smallest absolute Gasteiger partial charge is 0.255 e. The Morgan fingerprint density at radius 3 is 2.63 bits per heavy atom. The summed E-state index contributed by atoms with van der Waals surface area (Å²) in [5, 5.41) is 4.95. The first-order valence-electron chi connectivity index (χ1n) is 9.73. The van der Waals surface area contributed by atoms with Crippen LogP contribution < -0.4 is 9.62 Å². The molecule has 1 amide bonds. The molecule has 1 N–H and O–H groups in total. The Labute approximate surface area is 174 Å². The Kier molecular flexibility index (Phi) is 4.29. The van der Waals surface area contributed by atoms with Gasteiger partial charge in [0.25, 0.3) is 5.91 Å². The molecule has 0 unspecified atom stereocenters. The average molecular weight is 420 g/mol. The molecule has 30 heavy (non-hydrogen) atoms. The van der Waals surface area contributed by atoms with Crippen LogP contribution in [0.3, 0.4) is 0 Å². The minimum absolute atomic E-state index is 0.246. The first kappa shape index (κ1) is 18.7. The normalized spacial score (nSPS) is 14.1. The summed E-state index contributed by atoms with van der Waals surface area (Å²) in [7, 11) is -3.33. The highest BCUT2D eigenvalue weighted by molar-refractivity contribution is 7.92. The summed E-state index contributed by atoms with van der Waals surface area (Å²) in [5.41, 5.74) is 4.18. The molecule has 7 heteroatoms. The lowest BCUT2D eigenvalue weighted by molar-refractivity contribution is 0.102. The van der Waals surface area contributed by atoms with E-state index in [1.165, 1.54) is 10.6 Å². The van der Waals surface area contributed by atoms with Gasteiger partial charge >= 0.3 is 0 Å². The van der Waals surface area contributed by atoms with E-state index in [2.05, 4.69) is 5.32 Å². The molecule has 1 aliphatic rings. The van der Waals surface area contributed by atoms with Crippen molar-refractivity contribution in [2.24, 2.45) is 0 Å². The van der Waals surface area contributed by atoms with Gasteiger partial charge in [-0.2, -0.15) is 0 Å². The number of hydrogen-bond donors (Lipinski definition) is 1. The molecule has 3 aromatic carbocycles. The Bertz CT molecular complexity index is 1410. The van der Waals surface area contributed by atoms with E-state index in [1.54, 1.807) is 18.2 Å². The number of sulfonamides is 1. The van der Waals surface area contributed by atoms with E-state index in [9.17, 15) is 13.2 Å². The van der Waals surface area contributed by atoms with Crippen LogP contribution in [-0.2, 0) is 16.4 Å². The lowest BCUT2D eigenvalue weighted by atomic mass is 10.0. The number of carbonyl (C=O) groups is 1. The molecule has 0 fully saturated rings. The SMILES string of the molecule is CS(=O)(=O)N1CCCc2cc(C(=O)Nc3ccc4c(c3)oc3ccccc34)ccc21. The standard InChI is InChI=1S/C23H20N2O4S/c1-30(27,28)25-12-4-5-15-13-16(8-11-20(15)25)23(26)24-17-9-10-19-18-6-2-3-7-21(18)29-22(19)14-17/h2-3,6-11,13-14H,4-5,12H2,1H3,(H,24,26). The van der Waals surface area contributed by atoms with Gasteiger partial charge in [-0.15, -0.1) is 0 Å². The van der Waals surface area contributed by atoms with Gasteiger partial charge in [0.05, 0.1) is 11.9 Å². The predicted octanol–water partition coefficient (Wildman–Crippen LogP) is 4.55. The van der Waals surface area contributed by atoms with E-state index in [0.29, 0.717) is 29.1 Å². The molecule has 0 aliphatic carbocycles. The van der Waals surface area contributed by atoms with Gasteiger partial charge in [0, 0.05) is 34.6 Å². The van der Waals surface area contributed by atoms with Crippen LogP contribution >= 0.6 is 0 Å². The van der Waals surface area contributed by atoms with E-state index in [4.69, 9.17) is 4.42 Å². The summed E-state index contributed by atoms with van der Waals surface area (Å²) >= 11 is 0. The van der Waals surface area contributed by atoms with Crippen molar-refractivity contribution in [1.29, 1.82) is 0 Å². The topological polar surface area (TPSA) is 79.6 Å². The number of anilines is 2. The largest absolute Gasteiger partial charge is 0.456 e. The van der Waals surface area contributed by atoms with Gasteiger partial charge in [0.15, 0.2) is 0 Å². The number of fused-ring (bicyclic) bond motifs is 4. The summed E-state index contributed by atoms with van der Waals surface area (Å²) in [5.74, 6) is -0.246. The third kappa shape index (κ3) is 3.21. The maximum absolute atomic E-state index is 12.8. The number of carbonyl (C=O) groups excluding carboxylic acids is 1. The molecule has 0 spiro atoms. The molecule has 4 aromatic rings. The van der Waals surface area contributed by atoms with Gasteiger partial charge in [-0.25, -0.2) is 8.42 Å². The monoisotopic (exact) mass is 420 g/mol. The Morgan fingerprint density at radius 2 is 1.80 bits per heavy atom. The van der Waals surface area contributed by atoms with E-state index in [-0.39, 0.29) is 5.91 Å². The lowest BCUT2D eigenvalue weighted by Crippen LogP contribution is -2.34. The summed E-state index contributed by atoms with van der Waals surface area (Å²) in [4.78, 5) is 12.8. The van der Waals surface area contributed by atoms with Gasteiger partial charge in [-0.3, -0.25) is 9.10 Å². The molecule has 6 nitrogen and oxygen atoms in total. The number of para-hydroxylation sites is 1. The van der Waals surface area contributed by atoms with Crippen molar-refractivity contribution in [1.82, 2.24) is 0 Å². The van der Waals surface area contributed by atoms with Crippen LogP contribution in [0.4, 0.5) is 11.4 Å². The molecule has 2 heterocycles. The number of furan rings is 1. The van der Waals surface area contributed by atoms with Gasteiger partial charge < -0.3 is 9.73 Å². The van der Waals surface area contributed by atoms with Crippen LogP contribution in [-0.4, -0.2) is 27.1 Å². The predicted molar refractivity (Wildman–Crippen MR) is 119 cm³/mol. The van der Waals surface area contributed by atoms with E-state index in [1.807, 2.05) is 42.5 Å². The maximum atomic E-state index is 12.8. The minimum Gasteiger partial charge on any atom is -0.456 e. The number of aryl methyl sites for hydroxylation is 1. The molecule has 0 saturated heterocycles. The summed E-state index contributed by atoms with van der Waals surface area (Å²) in [6, 6.07) is 18.6. The number of amides is 1. The average Bonchev–Trinajstić information content (AvgIpc) is 3.10. The first-order valence-corrected chi connectivity index (χ1v) is 11.6. The summed E-state index contributed by atoms with van der Waals surface area (Å²) in [6.45, 7) is 0.467. The quantitative estimate of drug-likeness (QED) is 0.527. The first-order chi connectivity index (χ1) is 14.4. The second kappa shape index (κ2) is 6.88. The Balaban J connectivity index is 1.43. The maximum Gasteiger partial charge on any atom is 0.255 e. The van der Waals surface area contributed by atoms with Crippen molar-refractivity contribution in [3.63, 3.8) is 0 Å². The van der Waals surface area contributed by atoms with Crippen LogP contribution in [0, 0.1) is 0 Å². The lowest BCUT2D eigenvalue weighted by Gasteiger charge is -2.29. The van der Waals surface area contributed by atoms with Gasteiger partial charge in [-0.05, 0) is 54.8 Å². The fourth-order valence-electron chi connectivity index (χ4n) is 4.06. The second-order valence-electron chi connectivity index (χ2n) is 7.55. The zero-order chi connectivity index (χ0) is 20.9. The number of hydrogen-bond acceptors (Lipinski definition) is 4. The summed E-state index contributed by atoms with van der Waals surface area (Å²) in [6.07, 6.45) is 2.68. The van der Waals surface area contributed by atoms with Gasteiger partial charge in [0.2, 0.25) is 10.0 Å². The van der Waals surface area contributed by atoms with Crippen LogP contribution in [0.15, 0.2) is 65.1 Å². The van der Waals surface area contributed by atoms with Crippen molar-refractivity contribution in [3.8, 4) is 0 Å². The van der Waals surface area contributed by atoms with Crippen molar-refractivity contribution < 1.29 is 17.6 Å². The molecule has 0 saturated carbocycles. The Morgan fingerprint density at radius 1 is 1.00 bits per heavy atom. The van der Waals surface area contributed by atoms with Crippen LogP contribution in [0.25, 0.3) is 21.9 Å². The molecule has 152 valence electrons. The van der Waals surface area contributed by atoms with Crippen LogP contribution in [0.1, 0.15) is 22.3 Å². The molecular formula is C23H20N2O4S. The molecule has 1 aliphatic heterocycles. The van der Waals surface area contributed by atoms with E-state index in [0.717, 1.165) is 34.8 Å². The Hall–Kier alpha value is -3.32. The van der Waals surface area contributed by atoms with Crippen LogP contribution in [0.2, 0.25) is 0 Å². The van der Waals surface area contributed by atoms with Crippen molar-refractivity contribution >= 4 is 49.2 Å². The minimum atomic E-state index is -3.33. The van der Waals surface area contributed by atoms with Crippen molar-refractivity contribution in [2.45, 2.75) is 12.8 Å². The molecule has 0 atom stereocenters. The zero-order valence-electron chi connectivity index (χ0n) is 16.4. The third-order valence-electron chi connectivity index (χ3n) is 5.45. The fourth-order valence-corrected chi connectivity index (χ4v) is 5.05. The van der Waals surface area contributed by atoms with Gasteiger partial charge in [0.1, 0.15) is 11.2 Å². The molecule has 0 bridgehead atoms. The van der Waals surface area contributed by atoms with E-state index >= 15 is 0 Å². The number of benzene rings is 3.